The SMILES string of the molecule is C#Cc1ccc([C@H](CO)NC(=O)[C@@H]2C[C@@H](O)CN2C(=O)[C@@H](NC(=O)CCCCCS(=O)(=O)NC(=O)c2nc(N(C)c3cc(C)c(Nc4nc5ccccc5s4)nn3)ccc2-c2cnn(CC34CC5CC(CC(C5)C3)C4)c2C)C(C)(C)C)cc1. The number of pyridine rings is 1. The molecule has 0 unspecified atom stereocenters. The van der Waals surface area contributed by atoms with Crippen molar-refractivity contribution in [1.29, 1.82) is 0 Å². The summed E-state index contributed by atoms with van der Waals surface area (Å²) in [5.74, 6) is 3.20. The molecule has 4 bridgehead atoms. The first-order valence-electron chi connectivity index (χ1n) is 28.6. The van der Waals surface area contributed by atoms with Crippen LogP contribution in [0.15, 0.2) is 72.9 Å². The van der Waals surface area contributed by atoms with Crippen molar-refractivity contribution in [3.8, 4) is 23.5 Å². The van der Waals surface area contributed by atoms with E-state index >= 15 is 0 Å². The molecular formula is C61H74N12O8S2. The van der Waals surface area contributed by atoms with Crippen LogP contribution in [0.1, 0.15) is 130 Å². The van der Waals surface area contributed by atoms with Gasteiger partial charge in [-0.2, -0.15) is 5.10 Å². The number of hydrogen-bond acceptors (Lipinski definition) is 16. The fourth-order valence-corrected chi connectivity index (χ4v) is 15.2. The number of aromatic nitrogens is 6. The number of aliphatic hydroxyl groups excluding tert-OH is 2. The number of aliphatic hydroxyl groups is 2. The Morgan fingerprint density at radius 2 is 1.60 bits per heavy atom. The van der Waals surface area contributed by atoms with E-state index in [0.29, 0.717) is 51.3 Å². The molecule has 438 valence electrons. The lowest BCUT2D eigenvalue weighted by molar-refractivity contribution is -0.144. The lowest BCUT2D eigenvalue weighted by Crippen LogP contribution is -2.58. The molecule has 0 spiro atoms. The van der Waals surface area contributed by atoms with Crippen molar-refractivity contribution >= 4 is 77.8 Å². The number of thiazole rings is 1. The summed E-state index contributed by atoms with van der Waals surface area (Å²) in [4.78, 5) is 68.4. The number of carbonyl (C=O) groups is 4. The number of aryl methyl sites for hydroxylation is 1. The van der Waals surface area contributed by atoms with E-state index in [4.69, 9.17) is 16.5 Å². The van der Waals surface area contributed by atoms with Gasteiger partial charge in [-0.25, -0.2) is 23.1 Å². The molecule has 4 amide bonds. The monoisotopic (exact) mass is 1170 g/mol. The number of β-amino-alcohol motifs (C(OH)–C–C–N with tert-alkyl or cyclic N) is 1. The molecule has 11 rings (SSSR count). The maximum atomic E-state index is 14.5. The third-order valence-corrected chi connectivity index (χ3v) is 19.4. The molecule has 6 aromatic rings. The second-order valence-electron chi connectivity index (χ2n) is 24.5. The van der Waals surface area contributed by atoms with Crippen LogP contribution in [0.3, 0.4) is 0 Å². The highest BCUT2D eigenvalue weighted by Crippen LogP contribution is 2.60. The number of unbranched alkanes of at least 4 members (excludes halogenated alkanes) is 2. The first-order chi connectivity index (χ1) is 39.6. The van der Waals surface area contributed by atoms with E-state index in [2.05, 4.69) is 46.5 Å². The Kier molecular flexibility index (Phi) is 17.1. The van der Waals surface area contributed by atoms with Crippen LogP contribution >= 0.6 is 11.3 Å². The number of carbonyl (C=O) groups excluding carboxylic acids is 4. The second-order valence-corrected chi connectivity index (χ2v) is 27.4. The van der Waals surface area contributed by atoms with Crippen LogP contribution in [0, 0.1) is 54.8 Å². The van der Waals surface area contributed by atoms with E-state index < -0.39 is 75.7 Å². The van der Waals surface area contributed by atoms with Gasteiger partial charge in [0.15, 0.2) is 16.8 Å². The molecule has 5 fully saturated rings. The van der Waals surface area contributed by atoms with Gasteiger partial charge in [-0.15, -0.1) is 16.6 Å². The Hall–Kier alpha value is -7.32. The van der Waals surface area contributed by atoms with Crippen molar-refractivity contribution in [3.63, 3.8) is 0 Å². The van der Waals surface area contributed by atoms with E-state index in [9.17, 15) is 37.8 Å². The zero-order chi connectivity index (χ0) is 59.0. The molecule has 1 aliphatic heterocycles. The Bertz CT molecular complexity index is 3500. The van der Waals surface area contributed by atoms with Gasteiger partial charge in [-0.05, 0) is 147 Å². The minimum atomic E-state index is -4.23. The summed E-state index contributed by atoms with van der Waals surface area (Å²) < 4.78 is 33.0. The van der Waals surface area contributed by atoms with E-state index in [-0.39, 0.29) is 43.3 Å². The third-order valence-electron chi connectivity index (χ3n) is 17.1. The largest absolute Gasteiger partial charge is 0.394 e. The standard InChI is InChI=1S/C61H74N12O8S2/c1-8-38-17-19-42(20-18-38)47(34-74)63-56(77)48-28-43(75)33-72(48)58(79)54(60(4,5)6)66-52(76)16-10-9-13-23-83(80,81)70-57(78)53-44(45-32-62-73(37(45)3)35-61-29-39-25-40(30-61)27-41(26-39)31-61)21-22-50(65-53)71(7)51-24-36(2)55(69-68-51)67-59-64-46-14-11-12-15-49(46)82-59/h1,11-12,14-15,17-22,24,32,39-41,43,47-48,54,74-75H,9-10,13,16,23,25-31,33-35H2,2-7H3,(H,63,77)(H,66,76)(H,70,78)(H,64,67,69)/t39?,40?,41?,43-,47+,48+,54-,61?/m1/s1. The molecule has 4 aliphatic carbocycles. The lowest BCUT2D eigenvalue weighted by atomic mass is 9.49. The quantitative estimate of drug-likeness (QED) is 0.0299. The molecule has 5 heterocycles. The molecule has 83 heavy (non-hydrogen) atoms. The van der Waals surface area contributed by atoms with Gasteiger partial charge in [0.25, 0.3) is 5.91 Å². The summed E-state index contributed by atoms with van der Waals surface area (Å²) in [7, 11) is -2.49. The first kappa shape index (κ1) is 58.9. The van der Waals surface area contributed by atoms with Gasteiger partial charge in [-0.1, -0.05) is 68.7 Å². The molecular weight excluding hydrogens is 1090 g/mol. The minimum absolute atomic E-state index is 0.0365. The number of benzene rings is 2. The van der Waals surface area contributed by atoms with Crippen LogP contribution in [-0.4, -0.2) is 121 Å². The lowest BCUT2D eigenvalue weighted by Gasteiger charge is -2.56. The smallest absolute Gasteiger partial charge is 0.284 e. The number of hydrogen-bond donors (Lipinski definition) is 6. The summed E-state index contributed by atoms with van der Waals surface area (Å²) >= 11 is 1.50. The Morgan fingerprint density at radius 3 is 2.27 bits per heavy atom. The van der Waals surface area contributed by atoms with Crippen molar-refractivity contribution in [3.05, 3.63) is 101 Å². The van der Waals surface area contributed by atoms with Gasteiger partial charge in [0, 0.05) is 55.4 Å². The van der Waals surface area contributed by atoms with Crippen molar-refractivity contribution in [2.24, 2.45) is 28.6 Å². The second kappa shape index (κ2) is 24.1. The number of sulfonamides is 1. The number of terminal acetylenes is 1. The zero-order valence-electron chi connectivity index (χ0n) is 47.9. The van der Waals surface area contributed by atoms with Gasteiger partial charge < -0.3 is 36.0 Å². The van der Waals surface area contributed by atoms with Crippen LogP contribution in [0.4, 0.5) is 22.6 Å². The average molecular weight is 1170 g/mol. The van der Waals surface area contributed by atoms with E-state index in [1.165, 1.54) is 54.8 Å². The molecule has 22 heteroatoms. The van der Waals surface area contributed by atoms with Crippen molar-refractivity contribution in [1.82, 2.24) is 50.2 Å². The van der Waals surface area contributed by atoms with Crippen molar-refractivity contribution < 1.29 is 37.8 Å². The molecule has 4 atom stereocenters. The maximum absolute atomic E-state index is 14.5. The molecule has 6 N–H and O–H groups in total. The Labute approximate surface area is 488 Å². The predicted molar refractivity (Wildman–Crippen MR) is 318 cm³/mol. The molecule has 20 nitrogen and oxygen atoms in total. The number of likely N-dealkylation sites (tertiary alicyclic amines) is 1. The summed E-state index contributed by atoms with van der Waals surface area (Å²) in [5, 5.41) is 44.3. The number of amides is 4. The van der Waals surface area contributed by atoms with Crippen LogP contribution in [-0.2, 0) is 31.0 Å². The van der Waals surface area contributed by atoms with Crippen LogP contribution < -0.4 is 25.6 Å². The van der Waals surface area contributed by atoms with Crippen molar-refractivity contribution in [2.45, 2.75) is 136 Å². The van der Waals surface area contributed by atoms with Gasteiger partial charge in [0.05, 0.1) is 40.9 Å². The number of anilines is 4. The normalized spacial score (nSPS) is 21.8. The topological polar surface area (TPSA) is 267 Å². The van der Waals surface area contributed by atoms with E-state index in [0.717, 1.165) is 45.8 Å². The minimum Gasteiger partial charge on any atom is -0.394 e. The number of rotatable bonds is 21. The average Bonchev–Trinajstić information content (AvgIpc) is 4.01. The van der Waals surface area contributed by atoms with Gasteiger partial charge in [0.1, 0.15) is 23.6 Å². The molecule has 5 aliphatic rings. The Morgan fingerprint density at radius 1 is 0.892 bits per heavy atom. The van der Waals surface area contributed by atoms with E-state index in [1.54, 1.807) is 75.3 Å². The highest BCUT2D eigenvalue weighted by Gasteiger charge is 2.51. The first-order valence-corrected chi connectivity index (χ1v) is 31.1. The number of para-hydroxylation sites is 1. The summed E-state index contributed by atoms with van der Waals surface area (Å²) in [6, 6.07) is 17.0. The number of fused-ring (bicyclic) bond motifs is 1. The molecule has 1 saturated heterocycles. The Balaban J connectivity index is 0.790. The highest BCUT2D eigenvalue weighted by molar-refractivity contribution is 7.90. The number of nitrogens with one attached hydrogen (secondary N) is 4. The fourth-order valence-electron chi connectivity index (χ4n) is 13.3. The summed E-state index contributed by atoms with van der Waals surface area (Å²) in [5.41, 5.74) is 4.12. The molecule has 0 radical (unpaired) electrons. The highest BCUT2D eigenvalue weighted by atomic mass is 32.2. The van der Waals surface area contributed by atoms with Gasteiger partial charge >= 0.3 is 0 Å². The third kappa shape index (κ3) is 13.2. The van der Waals surface area contributed by atoms with Crippen LogP contribution in [0.5, 0.6) is 0 Å². The zero-order valence-corrected chi connectivity index (χ0v) is 49.5. The van der Waals surface area contributed by atoms with Crippen LogP contribution in [0.25, 0.3) is 21.3 Å². The fraction of sp³-hybridized carbons (Fsp3) is 0.492. The maximum Gasteiger partial charge on any atom is 0.284 e. The predicted octanol–water partition coefficient (Wildman–Crippen LogP) is 7.63. The molecule has 4 aromatic heterocycles. The van der Waals surface area contributed by atoms with Gasteiger partial charge in [0.2, 0.25) is 27.7 Å². The number of nitrogens with zero attached hydrogens (tertiary/aromatic N) is 8. The summed E-state index contributed by atoms with van der Waals surface area (Å²) in [6.07, 6.45) is 14.4. The van der Waals surface area contributed by atoms with Gasteiger partial charge in [-0.3, -0.25) is 23.9 Å². The molecule has 4 saturated carbocycles. The summed E-state index contributed by atoms with van der Waals surface area (Å²) in [6.45, 7) is 9.45. The van der Waals surface area contributed by atoms with Crippen LogP contribution in [0.2, 0.25) is 0 Å². The van der Waals surface area contributed by atoms with Crippen molar-refractivity contribution in [2.75, 3.05) is 36.2 Å². The van der Waals surface area contributed by atoms with E-state index in [1.807, 2.05) is 44.2 Å². The molecule has 2 aromatic carbocycles.